The van der Waals surface area contributed by atoms with Gasteiger partial charge in [-0.05, 0) is 67.9 Å². The summed E-state index contributed by atoms with van der Waals surface area (Å²) in [7, 11) is 0. The number of nitrogens with zero attached hydrogens (tertiary/aromatic N) is 2. The van der Waals surface area contributed by atoms with Crippen molar-refractivity contribution in [3.8, 4) is 0 Å². The van der Waals surface area contributed by atoms with Crippen molar-refractivity contribution in [3.63, 3.8) is 0 Å². The van der Waals surface area contributed by atoms with Gasteiger partial charge in [-0.1, -0.05) is 15.9 Å². The minimum Gasteiger partial charge on any atom is -0.450 e. The number of aryl methyl sites for hydroxylation is 1. The topological polar surface area (TPSA) is 59.5 Å². The van der Waals surface area contributed by atoms with Gasteiger partial charge < -0.3 is 8.98 Å². The lowest BCUT2D eigenvalue weighted by atomic mass is 10.2. The molecule has 26 heavy (non-hydrogen) atoms. The maximum atomic E-state index is 12.3. The van der Waals surface area contributed by atoms with Crippen molar-refractivity contribution in [1.82, 2.24) is 9.99 Å². The summed E-state index contributed by atoms with van der Waals surface area (Å²) in [5, 5.41) is 4.92. The quantitative estimate of drug-likeness (QED) is 0.383. The maximum Gasteiger partial charge on any atom is 0.307 e. The number of hydrogen-bond donors (Lipinski definition) is 1. The van der Waals surface area contributed by atoms with E-state index in [1.807, 2.05) is 19.1 Å². The Morgan fingerprint density at radius 1 is 1.23 bits per heavy atom. The molecule has 2 heterocycles. The molecule has 0 unspecified atom stereocenters. The molecule has 0 aliphatic rings. The van der Waals surface area contributed by atoms with E-state index in [9.17, 15) is 4.79 Å². The predicted molar refractivity (Wildman–Crippen MR) is 111 cm³/mol. The summed E-state index contributed by atoms with van der Waals surface area (Å²) in [4.78, 5) is 12.3. The van der Waals surface area contributed by atoms with Crippen LogP contribution < -0.4 is 5.43 Å². The van der Waals surface area contributed by atoms with E-state index in [0.717, 1.165) is 31.3 Å². The van der Waals surface area contributed by atoms with Crippen LogP contribution in [0.3, 0.4) is 0 Å². The van der Waals surface area contributed by atoms with Crippen LogP contribution in [0.15, 0.2) is 42.7 Å². The molecule has 0 bridgehead atoms. The predicted octanol–water partition coefficient (Wildman–Crippen LogP) is 5.72. The smallest absolute Gasteiger partial charge is 0.307 e. The second kappa shape index (κ2) is 7.40. The van der Waals surface area contributed by atoms with Gasteiger partial charge in [0.05, 0.1) is 10.7 Å². The molecule has 0 fully saturated rings. The third-order valence-corrected chi connectivity index (χ3v) is 5.22. The van der Waals surface area contributed by atoms with E-state index in [-0.39, 0.29) is 5.76 Å². The molecule has 5 nitrogen and oxygen atoms in total. The van der Waals surface area contributed by atoms with Crippen LogP contribution in [0.5, 0.6) is 0 Å². The molecule has 0 saturated carbocycles. The molecule has 1 aromatic carbocycles. The molecule has 3 rings (SSSR count). The number of carbonyl (C=O) groups is 1. The van der Waals surface area contributed by atoms with Gasteiger partial charge in [0.1, 0.15) is 5.58 Å². The molecule has 3 aromatic rings. The van der Waals surface area contributed by atoms with E-state index in [2.05, 4.69) is 73.8 Å². The summed E-state index contributed by atoms with van der Waals surface area (Å²) in [5.74, 6) is -0.179. The first-order valence-corrected chi connectivity index (χ1v) is 9.77. The summed E-state index contributed by atoms with van der Waals surface area (Å²) in [6.45, 7) is 8.39. The number of benzene rings is 1. The second-order valence-electron chi connectivity index (χ2n) is 6.41. The normalized spacial score (nSPS) is 11.8. The first-order chi connectivity index (χ1) is 12.3. The third-order valence-electron chi connectivity index (χ3n) is 4.17. The van der Waals surface area contributed by atoms with Gasteiger partial charge in [0.2, 0.25) is 0 Å². The molecular formula is C19H19Br2N3O2. The van der Waals surface area contributed by atoms with Crippen molar-refractivity contribution in [2.75, 3.05) is 0 Å². The van der Waals surface area contributed by atoms with Crippen LogP contribution in [0.2, 0.25) is 0 Å². The van der Waals surface area contributed by atoms with Crippen molar-refractivity contribution in [2.24, 2.45) is 5.10 Å². The summed E-state index contributed by atoms with van der Waals surface area (Å²) >= 11 is 6.86. The standard InChI is InChI=1S/C19H19Br2N3O2/c1-10(2)24-11(3)5-14(12(24)4)9-22-23-19(25)17-7-13-6-15(20)8-16(21)18(13)26-17/h5-10H,1-4H3,(H,23,25)/b22-9-. The second-order valence-corrected chi connectivity index (χ2v) is 8.18. The Labute approximate surface area is 168 Å². The number of hydrogen-bond acceptors (Lipinski definition) is 3. The van der Waals surface area contributed by atoms with Crippen LogP contribution in [0.4, 0.5) is 0 Å². The number of aromatic nitrogens is 1. The van der Waals surface area contributed by atoms with E-state index in [4.69, 9.17) is 4.42 Å². The van der Waals surface area contributed by atoms with Gasteiger partial charge in [0, 0.05) is 32.9 Å². The van der Waals surface area contributed by atoms with E-state index in [1.54, 1.807) is 12.3 Å². The summed E-state index contributed by atoms with van der Waals surface area (Å²) < 4.78 is 9.56. The number of fused-ring (bicyclic) bond motifs is 1. The molecule has 136 valence electrons. The lowest BCUT2D eigenvalue weighted by molar-refractivity contribution is 0.0929. The molecular weight excluding hydrogens is 462 g/mol. The fourth-order valence-corrected chi connectivity index (χ4v) is 4.47. The average Bonchev–Trinajstić information content (AvgIpc) is 3.08. The van der Waals surface area contributed by atoms with Crippen LogP contribution in [-0.2, 0) is 0 Å². The Hall–Kier alpha value is -1.86. The Kier molecular flexibility index (Phi) is 5.39. The first kappa shape index (κ1) is 18.9. The third kappa shape index (κ3) is 3.64. The summed E-state index contributed by atoms with van der Waals surface area (Å²) in [6, 6.07) is 7.89. The Morgan fingerprint density at radius 3 is 2.62 bits per heavy atom. The monoisotopic (exact) mass is 479 g/mol. The van der Waals surface area contributed by atoms with Gasteiger partial charge in [0.25, 0.3) is 0 Å². The number of amides is 1. The van der Waals surface area contributed by atoms with Crippen LogP contribution >= 0.6 is 31.9 Å². The number of carbonyl (C=O) groups excluding carboxylic acids is 1. The summed E-state index contributed by atoms with van der Waals surface area (Å²) in [5.41, 5.74) is 6.42. The van der Waals surface area contributed by atoms with Crippen molar-refractivity contribution < 1.29 is 9.21 Å². The largest absolute Gasteiger partial charge is 0.450 e. The van der Waals surface area contributed by atoms with Crippen LogP contribution in [0.1, 0.15) is 47.4 Å². The maximum absolute atomic E-state index is 12.3. The zero-order valence-corrected chi connectivity index (χ0v) is 18.1. The minimum atomic E-state index is -0.391. The molecule has 0 saturated heterocycles. The van der Waals surface area contributed by atoms with Crippen LogP contribution in [0, 0.1) is 13.8 Å². The Bertz CT molecular complexity index is 1020. The van der Waals surface area contributed by atoms with Crippen LogP contribution in [0.25, 0.3) is 11.0 Å². The fraction of sp³-hybridized carbons (Fsp3) is 0.263. The van der Waals surface area contributed by atoms with Gasteiger partial charge in [-0.25, -0.2) is 5.43 Å². The molecule has 0 aliphatic carbocycles. The Morgan fingerprint density at radius 2 is 1.96 bits per heavy atom. The highest BCUT2D eigenvalue weighted by Crippen LogP contribution is 2.31. The summed E-state index contributed by atoms with van der Waals surface area (Å²) in [6.07, 6.45) is 1.66. The van der Waals surface area contributed by atoms with E-state index < -0.39 is 5.91 Å². The number of furan rings is 1. The molecule has 0 radical (unpaired) electrons. The molecule has 0 spiro atoms. The molecule has 1 N–H and O–H groups in total. The molecule has 0 aliphatic heterocycles. The minimum absolute atomic E-state index is 0.212. The van der Waals surface area contributed by atoms with Crippen LogP contribution in [-0.4, -0.2) is 16.7 Å². The van der Waals surface area contributed by atoms with Gasteiger partial charge in [-0.3, -0.25) is 4.79 Å². The van der Waals surface area contributed by atoms with Crippen molar-refractivity contribution in [2.45, 2.75) is 33.7 Å². The van der Waals surface area contributed by atoms with Gasteiger partial charge in [-0.15, -0.1) is 0 Å². The lowest BCUT2D eigenvalue weighted by Gasteiger charge is -2.13. The zero-order chi connectivity index (χ0) is 19.0. The average molecular weight is 481 g/mol. The number of nitrogens with one attached hydrogen (secondary N) is 1. The fourth-order valence-electron chi connectivity index (χ4n) is 3.13. The number of rotatable bonds is 4. The van der Waals surface area contributed by atoms with Gasteiger partial charge in [0.15, 0.2) is 5.76 Å². The van der Waals surface area contributed by atoms with Gasteiger partial charge >= 0.3 is 5.91 Å². The van der Waals surface area contributed by atoms with Crippen molar-refractivity contribution >= 4 is 55.0 Å². The number of hydrazone groups is 1. The zero-order valence-electron chi connectivity index (χ0n) is 14.9. The lowest BCUT2D eigenvalue weighted by Crippen LogP contribution is -2.16. The highest BCUT2D eigenvalue weighted by atomic mass is 79.9. The van der Waals surface area contributed by atoms with Gasteiger partial charge in [-0.2, -0.15) is 5.10 Å². The van der Waals surface area contributed by atoms with E-state index in [1.165, 1.54) is 0 Å². The van der Waals surface area contributed by atoms with Crippen molar-refractivity contribution in [1.29, 1.82) is 0 Å². The molecule has 2 aromatic heterocycles. The molecule has 7 heteroatoms. The van der Waals surface area contributed by atoms with E-state index >= 15 is 0 Å². The van der Waals surface area contributed by atoms with Crippen molar-refractivity contribution in [3.05, 3.63) is 55.9 Å². The first-order valence-electron chi connectivity index (χ1n) is 8.18. The van der Waals surface area contributed by atoms with E-state index in [0.29, 0.717) is 11.6 Å². The number of halogens is 2. The Balaban J connectivity index is 1.78. The SMILES string of the molecule is Cc1cc(/C=N\NC(=O)c2cc3cc(Br)cc(Br)c3o2)c(C)n1C(C)C. The highest BCUT2D eigenvalue weighted by Gasteiger charge is 2.14. The molecule has 1 amide bonds. The molecule has 0 atom stereocenters. The highest BCUT2D eigenvalue weighted by molar-refractivity contribution is 9.11.